The van der Waals surface area contributed by atoms with Crippen molar-refractivity contribution in [2.24, 2.45) is 0 Å². The van der Waals surface area contributed by atoms with E-state index in [2.05, 4.69) is 13.8 Å². The first-order valence-corrected chi connectivity index (χ1v) is 14.5. The molecule has 0 aliphatic carbocycles. The van der Waals surface area contributed by atoms with Gasteiger partial charge in [-0.3, -0.25) is 0 Å². The van der Waals surface area contributed by atoms with E-state index >= 15 is 0 Å². The van der Waals surface area contributed by atoms with Crippen molar-refractivity contribution in [2.45, 2.75) is 187 Å². The Labute approximate surface area is 192 Å². The molecule has 0 saturated heterocycles. The molecule has 1 nitrogen and oxygen atoms in total. The third-order valence-electron chi connectivity index (χ3n) is 6.78. The molecule has 1 unspecified atom stereocenters. The first kappa shape index (κ1) is 30.0. The molecule has 0 aromatic rings. The Hall–Kier alpha value is -0.0400. The molecule has 0 bridgehead atoms. The summed E-state index contributed by atoms with van der Waals surface area (Å²) in [5.74, 6) is 0. The molecule has 0 aromatic carbocycles. The van der Waals surface area contributed by atoms with Crippen LogP contribution in [-0.2, 0) is 0 Å². The zero-order valence-electron chi connectivity index (χ0n) is 21.4. The topological polar surface area (TPSA) is 20.2 Å². The summed E-state index contributed by atoms with van der Waals surface area (Å²) < 4.78 is 0. The van der Waals surface area contributed by atoms with Crippen LogP contribution in [0.5, 0.6) is 0 Å². The van der Waals surface area contributed by atoms with E-state index < -0.39 is 0 Å². The molecular weight excluding hydrogens is 364 g/mol. The van der Waals surface area contributed by atoms with E-state index in [4.69, 9.17) is 0 Å². The van der Waals surface area contributed by atoms with E-state index in [0.29, 0.717) is 0 Å². The molecule has 0 fully saturated rings. The summed E-state index contributed by atoms with van der Waals surface area (Å²) in [5, 5.41) is 10.1. The molecule has 0 aromatic heterocycles. The lowest BCUT2D eigenvalue weighted by Crippen LogP contribution is -2.05. The van der Waals surface area contributed by atoms with E-state index in [-0.39, 0.29) is 6.10 Å². The molecule has 0 radical (unpaired) electrons. The summed E-state index contributed by atoms with van der Waals surface area (Å²) in [6.07, 6.45) is 35.6. The zero-order chi connectivity index (χ0) is 22.0. The molecule has 182 valence electrons. The zero-order valence-corrected chi connectivity index (χ0v) is 21.4. The Kier molecular flexibility index (Phi) is 27.0. The third kappa shape index (κ3) is 26.0. The maximum atomic E-state index is 10.1. The molecule has 0 aliphatic rings. The minimum Gasteiger partial charge on any atom is -0.393 e. The molecule has 30 heavy (non-hydrogen) atoms. The van der Waals surface area contributed by atoms with Crippen LogP contribution in [0, 0.1) is 0 Å². The molecule has 0 spiro atoms. The Balaban J connectivity index is 3.11. The highest BCUT2D eigenvalue weighted by molar-refractivity contribution is 4.58. The molecule has 0 aliphatic heterocycles. The van der Waals surface area contributed by atoms with Crippen LogP contribution < -0.4 is 0 Å². The molecule has 0 heterocycles. The predicted molar refractivity (Wildman–Crippen MR) is 137 cm³/mol. The summed E-state index contributed by atoms with van der Waals surface area (Å²) in [7, 11) is 0. The van der Waals surface area contributed by atoms with Crippen molar-refractivity contribution in [3.8, 4) is 0 Å². The van der Waals surface area contributed by atoms with Crippen LogP contribution in [0.4, 0.5) is 0 Å². The van der Waals surface area contributed by atoms with Gasteiger partial charge in [-0.15, -0.1) is 0 Å². The Bertz CT molecular complexity index is 288. The van der Waals surface area contributed by atoms with Gasteiger partial charge >= 0.3 is 0 Å². The summed E-state index contributed by atoms with van der Waals surface area (Å²) in [5.41, 5.74) is 0. The monoisotopic (exact) mass is 424 g/mol. The number of rotatable bonds is 26. The summed E-state index contributed by atoms with van der Waals surface area (Å²) >= 11 is 0. The van der Waals surface area contributed by atoms with Gasteiger partial charge < -0.3 is 5.11 Å². The second-order valence-corrected chi connectivity index (χ2v) is 10.0. The molecule has 0 rings (SSSR count). The van der Waals surface area contributed by atoms with Crippen molar-refractivity contribution in [3.63, 3.8) is 0 Å². The Morgan fingerprint density at radius 1 is 0.333 bits per heavy atom. The number of hydrogen-bond donors (Lipinski definition) is 1. The smallest absolute Gasteiger partial charge is 0.0540 e. The number of hydrogen-bond acceptors (Lipinski definition) is 1. The van der Waals surface area contributed by atoms with Crippen molar-refractivity contribution in [1.29, 1.82) is 0 Å². The average molecular weight is 425 g/mol. The van der Waals surface area contributed by atoms with Crippen molar-refractivity contribution in [1.82, 2.24) is 0 Å². The van der Waals surface area contributed by atoms with E-state index in [1.54, 1.807) is 0 Å². The normalized spacial score (nSPS) is 12.5. The lowest BCUT2D eigenvalue weighted by Gasteiger charge is -2.10. The van der Waals surface area contributed by atoms with Crippen LogP contribution in [0.2, 0.25) is 0 Å². The maximum absolute atomic E-state index is 10.1. The third-order valence-corrected chi connectivity index (χ3v) is 6.78. The number of aliphatic hydroxyl groups is 1. The van der Waals surface area contributed by atoms with Crippen molar-refractivity contribution >= 4 is 0 Å². The fourth-order valence-electron chi connectivity index (χ4n) is 4.59. The summed E-state index contributed by atoms with van der Waals surface area (Å²) in [4.78, 5) is 0. The van der Waals surface area contributed by atoms with Gasteiger partial charge in [0.05, 0.1) is 6.10 Å². The fourth-order valence-corrected chi connectivity index (χ4v) is 4.59. The van der Waals surface area contributed by atoms with Gasteiger partial charge in [-0.2, -0.15) is 0 Å². The lowest BCUT2D eigenvalue weighted by atomic mass is 10.0. The van der Waals surface area contributed by atoms with E-state index in [1.807, 2.05) is 0 Å². The minimum atomic E-state index is -0.0308. The van der Waals surface area contributed by atoms with Gasteiger partial charge in [0.15, 0.2) is 0 Å². The first-order chi connectivity index (χ1) is 14.8. The highest BCUT2D eigenvalue weighted by Crippen LogP contribution is 2.16. The predicted octanol–water partition coefficient (Wildman–Crippen LogP) is 10.5. The van der Waals surface area contributed by atoms with Crippen molar-refractivity contribution in [3.05, 3.63) is 0 Å². The van der Waals surface area contributed by atoms with Crippen LogP contribution >= 0.6 is 0 Å². The van der Waals surface area contributed by atoms with E-state index in [1.165, 1.54) is 154 Å². The molecule has 1 heteroatoms. The van der Waals surface area contributed by atoms with E-state index in [9.17, 15) is 5.11 Å². The first-order valence-electron chi connectivity index (χ1n) is 14.5. The van der Waals surface area contributed by atoms with Gasteiger partial charge in [-0.25, -0.2) is 0 Å². The Morgan fingerprint density at radius 3 is 0.767 bits per heavy atom. The second-order valence-electron chi connectivity index (χ2n) is 10.0. The Morgan fingerprint density at radius 2 is 0.533 bits per heavy atom. The standard InChI is InChI=1S/C29H60O/c1-3-5-7-9-11-13-14-15-16-17-18-19-20-22-24-26-28-29(30)27-25-23-21-12-10-8-6-4-2/h29-30H,3-28H2,1-2H3. The second kappa shape index (κ2) is 27.0. The lowest BCUT2D eigenvalue weighted by molar-refractivity contribution is 0.147. The number of unbranched alkanes of at least 4 members (excludes halogenated alkanes) is 22. The highest BCUT2D eigenvalue weighted by Gasteiger charge is 2.03. The van der Waals surface area contributed by atoms with Crippen LogP contribution in [0.3, 0.4) is 0 Å². The molecule has 0 amide bonds. The summed E-state index contributed by atoms with van der Waals surface area (Å²) in [6.45, 7) is 4.57. The largest absolute Gasteiger partial charge is 0.393 e. The SMILES string of the molecule is CCCCCCCCCCCCCCCCCCC(O)CCCCCCCCCC. The molecule has 1 N–H and O–H groups in total. The van der Waals surface area contributed by atoms with Crippen molar-refractivity contribution in [2.75, 3.05) is 0 Å². The van der Waals surface area contributed by atoms with Crippen LogP contribution in [0.15, 0.2) is 0 Å². The minimum absolute atomic E-state index is 0.0308. The average Bonchev–Trinajstić information content (AvgIpc) is 2.75. The maximum Gasteiger partial charge on any atom is 0.0540 e. The van der Waals surface area contributed by atoms with Crippen molar-refractivity contribution < 1.29 is 5.11 Å². The van der Waals surface area contributed by atoms with Gasteiger partial charge in [0.1, 0.15) is 0 Å². The van der Waals surface area contributed by atoms with Gasteiger partial charge in [0, 0.05) is 0 Å². The highest BCUT2D eigenvalue weighted by atomic mass is 16.3. The van der Waals surface area contributed by atoms with E-state index in [0.717, 1.165) is 12.8 Å². The molecule has 1 atom stereocenters. The molecule has 0 saturated carbocycles. The van der Waals surface area contributed by atoms with Crippen LogP contribution in [-0.4, -0.2) is 11.2 Å². The molecular formula is C29H60O. The number of aliphatic hydroxyl groups excluding tert-OH is 1. The summed E-state index contributed by atoms with van der Waals surface area (Å²) in [6, 6.07) is 0. The van der Waals surface area contributed by atoms with Crippen LogP contribution in [0.1, 0.15) is 181 Å². The van der Waals surface area contributed by atoms with Crippen LogP contribution in [0.25, 0.3) is 0 Å². The quantitative estimate of drug-likeness (QED) is 0.137. The van der Waals surface area contributed by atoms with Gasteiger partial charge in [-0.1, -0.05) is 168 Å². The van der Waals surface area contributed by atoms with Gasteiger partial charge in [0.2, 0.25) is 0 Å². The fraction of sp³-hybridized carbons (Fsp3) is 1.00. The van der Waals surface area contributed by atoms with Gasteiger partial charge in [-0.05, 0) is 12.8 Å². The van der Waals surface area contributed by atoms with Gasteiger partial charge in [0.25, 0.3) is 0 Å².